The van der Waals surface area contributed by atoms with Gasteiger partial charge in [-0.3, -0.25) is 4.79 Å². The van der Waals surface area contributed by atoms with Gasteiger partial charge in [-0.25, -0.2) is 4.79 Å². The number of carboxylic acids is 1. The Hall–Kier alpha value is -2.10. The number of hydrogen-bond acceptors (Lipinski definition) is 3. The molecule has 0 radical (unpaired) electrons. The van der Waals surface area contributed by atoms with Gasteiger partial charge in [0, 0.05) is 5.56 Å². The number of benzene rings is 1. The molecule has 0 amide bonds. The molecule has 0 atom stereocenters. The Balaban J connectivity index is 0.000000265. The van der Waals surface area contributed by atoms with Gasteiger partial charge < -0.3 is 10.8 Å². The molecule has 0 aliphatic carbocycles. The predicted octanol–water partition coefficient (Wildman–Crippen LogP) is 1.43. The number of nitrogens with two attached hydrogens (primary N) is 1. The molecule has 1 rings (SSSR count). The highest BCUT2D eigenvalue weighted by atomic mass is 16.4. The molecule has 0 heterocycles. The first-order valence-corrected chi connectivity index (χ1v) is 4.27. The minimum atomic E-state index is -1.07. The summed E-state index contributed by atoms with van der Waals surface area (Å²) in [5.74, 6) is -1.07. The van der Waals surface area contributed by atoms with E-state index in [1.54, 1.807) is 19.1 Å². The van der Waals surface area contributed by atoms with Gasteiger partial charge in [-0.2, -0.15) is 0 Å². The van der Waals surface area contributed by atoms with Crippen LogP contribution in [0.1, 0.15) is 17.3 Å². The van der Waals surface area contributed by atoms with Crippen LogP contribution in [0.15, 0.2) is 42.1 Å². The van der Waals surface area contributed by atoms with Gasteiger partial charge in [0.25, 0.3) is 0 Å². The van der Waals surface area contributed by atoms with Crippen LogP contribution >= 0.6 is 0 Å². The van der Waals surface area contributed by atoms with E-state index in [2.05, 4.69) is 0 Å². The highest BCUT2D eigenvalue weighted by Crippen LogP contribution is 1.91. The lowest BCUT2D eigenvalue weighted by molar-refractivity contribution is -0.132. The summed E-state index contributed by atoms with van der Waals surface area (Å²) in [6.07, 6.45) is 2.17. The van der Waals surface area contributed by atoms with Crippen molar-refractivity contribution in [3.8, 4) is 0 Å². The fourth-order valence-electron chi connectivity index (χ4n) is 0.655. The average Bonchev–Trinajstić information content (AvgIpc) is 2.29. The van der Waals surface area contributed by atoms with Crippen LogP contribution in [0.2, 0.25) is 0 Å². The Kier molecular flexibility index (Phi) is 6.29. The van der Waals surface area contributed by atoms with Crippen LogP contribution in [-0.2, 0) is 4.79 Å². The van der Waals surface area contributed by atoms with Crippen molar-refractivity contribution in [3.63, 3.8) is 0 Å². The Morgan fingerprint density at radius 1 is 1.33 bits per heavy atom. The minimum Gasteiger partial charge on any atom is -0.477 e. The van der Waals surface area contributed by atoms with Crippen LogP contribution in [0.25, 0.3) is 0 Å². The smallest absolute Gasteiger partial charge is 0.351 e. The number of allylic oxidation sites excluding steroid dienone is 1. The van der Waals surface area contributed by atoms with E-state index in [9.17, 15) is 9.59 Å². The van der Waals surface area contributed by atoms with Crippen molar-refractivity contribution in [1.29, 1.82) is 0 Å². The van der Waals surface area contributed by atoms with Crippen LogP contribution < -0.4 is 5.73 Å². The second kappa shape index (κ2) is 7.32. The molecular formula is C11H13NO3. The summed E-state index contributed by atoms with van der Waals surface area (Å²) in [7, 11) is 0. The molecule has 0 saturated heterocycles. The Labute approximate surface area is 88.0 Å². The van der Waals surface area contributed by atoms with Gasteiger partial charge in [0.15, 0.2) is 0 Å². The molecule has 0 spiro atoms. The van der Waals surface area contributed by atoms with E-state index in [1.807, 2.05) is 18.2 Å². The summed E-state index contributed by atoms with van der Waals surface area (Å²) in [5.41, 5.74) is 5.50. The van der Waals surface area contributed by atoms with E-state index >= 15 is 0 Å². The largest absolute Gasteiger partial charge is 0.477 e. The standard InChI is InChI=1S/C7H6O.C4H7NO2/c8-6-7-4-2-1-3-5-7;1-2-3(5)4(6)7/h1-6H;2H,5H2,1H3,(H,6,7)/b;3-2-. The van der Waals surface area contributed by atoms with Crippen molar-refractivity contribution in [2.45, 2.75) is 6.92 Å². The van der Waals surface area contributed by atoms with Crippen molar-refractivity contribution in [2.24, 2.45) is 5.73 Å². The second-order valence-corrected chi connectivity index (χ2v) is 2.58. The first-order valence-electron chi connectivity index (χ1n) is 4.27. The maximum Gasteiger partial charge on any atom is 0.351 e. The number of carbonyl (C=O) groups excluding carboxylic acids is 1. The average molecular weight is 207 g/mol. The molecular weight excluding hydrogens is 194 g/mol. The number of aliphatic carboxylic acids is 1. The summed E-state index contributed by atoms with van der Waals surface area (Å²) in [6, 6.07) is 9.10. The van der Waals surface area contributed by atoms with E-state index in [4.69, 9.17) is 10.8 Å². The lowest BCUT2D eigenvalue weighted by Crippen LogP contribution is -2.08. The SMILES string of the molecule is C/C=C(\N)C(=O)O.O=Cc1ccccc1. The third-order valence-corrected chi connectivity index (χ3v) is 1.49. The summed E-state index contributed by atoms with van der Waals surface area (Å²) < 4.78 is 0. The Morgan fingerprint density at radius 2 is 1.87 bits per heavy atom. The lowest BCUT2D eigenvalue weighted by atomic mass is 10.2. The fraction of sp³-hybridized carbons (Fsp3) is 0.0909. The van der Waals surface area contributed by atoms with E-state index in [0.29, 0.717) is 0 Å². The molecule has 1 aromatic rings. The van der Waals surface area contributed by atoms with E-state index in [0.717, 1.165) is 11.8 Å². The van der Waals surface area contributed by atoms with E-state index < -0.39 is 5.97 Å². The minimum absolute atomic E-state index is 0.111. The molecule has 0 aromatic heterocycles. The Bertz CT molecular complexity index is 344. The van der Waals surface area contributed by atoms with Crippen LogP contribution in [0.3, 0.4) is 0 Å². The first kappa shape index (κ1) is 12.9. The van der Waals surface area contributed by atoms with Crippen molar-refractivity contribution >= 4 is 12.3 Å². The molecule has 80 valence electrons. The van der Waals surface area contributed by atoms with Gasteiger partial charge in [0.05, 0.1) is 0 Å². The molecule has 0 aliphatic rings. The van der Waals surface area contributed by atoms with E-state index in [-0.39, 0.29) is 5.70 Å². The van der Waals surface area contributed by atoms with Gasteiger partial charge in [-0.1, -0.05) is 36.4 Å². The quantitative estimate of drug-likeness (QED) is 0.568. The van der Waals surface area contributed by atoms with Gasteiger partial charge in [0.1, 0.15) is 12.0 Å². The maximum absolute atomic E-state index is 10.0. The van der Waals surface area contributed by atoms with Crippen LogP contribution in [0, 0.1) is 0 Å². The molecule has 4 heteroatoms. The zero-order valence-electron chi connectivity index (χ0n) is 8.38. The summed E-state index contributed by atoms with van der Waals surface area (Å²) in [5, 5.41) is 7.99. The molecule has 3 N–H and O–H groups in total. The number of hydrogen-bond donors (Lipinski definition) is 2. The van der Waals surface area contributed by atoms with Crippen molar-refractivity contribution in [1.82, 2.24) is 0 Å². The van der Waals surface area contributed by atoms with Gasteiger partial charge in [-0.05, 0) is 6.92 Å². The first-order chi connectivity index (χ1) is 7.11. The predicted molar refractivity (Wildman–Crippen MR) is 57.4 cm³/mol. The zero-order chi connectivity index (χ0) is 11.7. The highest BCUT2D eigenvalue weighted by Gasteiger charge is 1.94. The van der Waals surface area contributed by atoms with Crippen molar-refractivity contribution in [3.05, 3.63) is 47.7 Å². The lowest BCUT2D eigenvalue weighted by Gasteiger charge is -1.85. The normalized spacial score (nSPS) is 9.80. The summed E-state index contributed by atoms with van der Waals surface area (Å²) in [6.45, 7) is 1.57. The summed E-state index contributed by atoms with van der Waals surface area (Å²) in [4.78, 5) is 19.7. The second-order valence-electron chi connectivity index (χ2n) is 2.58. The van der Waals surface area contributed by atoms with Crippen LogP contribution in [0.4, 0.5) is 0 Å². The van der Waals surface area contributed by atoms with Crippen LogP contribution in [0.5, 0.6) is 0 Å². The van der Waals surface area contributed by atoms with Gasteiger partial charge in [-0.15, -0.1) is 0 Å². The van der Waals surface area contributed by atoms with Gasteiger partial charge in [0.2, 0.25) is 0 Å². The third kappa shape index (κ3) is 6.04. The zero-order valence-corrected chi connectivity index (χ0v) is 8.38. The number of carboxylic acid groups (broad SMARTS) is 1. The topological polar surface area (TPSA) is 80.4 Å². The van der Waals surface area contributed by atoms with Gasteiger partial charge >= 0.3 is 5.97 Å². The number of carbonyl (C=O) groups is 2. The fourth-order valence-corrected chi connectivity index (χ4v) is 0.655. The monoisotopic (exact) mass is 207 g/mol. The number of aldehydes is 1. The molecule has 0 fully saturated rings. The molecule has 1 aromatic carbocycles. The Morgan fingerprint density at radius 3 is 2.07 bits per heavy atom. The van der Waals surface area contributed by atoms with Crippen LogP contribution in [-0.4, -0.2) is 17.4 Å². The molecule has 15 heavy (non-hydrogen) atoms. The molecule has 0 aliphatic heterocycles. The molecule has 0 unspecified atom stereocenters. The van der Waals surface area contributed by atoms with Crippen molar-refractivity contribution < 1.29 is 14.7 Å². The maximum atomic E-state index is 10.0. The molecule has 0 saturated carbocycles. The highest BCUT2D eigenvalue weighted by molar-refractivity contribution is 5.85. The summed E-state index contributed by atoms with van der Waals surface area (Å²) >= 11 is 0. The van der Waals surface area contributed by atoms with E-state index in [1.165, 1.54) is 6.08 Å². The van der Waals surface area contributed by atoms with Crippen molar-refractivity contribution in [2.75, 3.05) is 0 Å². The molecule has 4 nitrogen and oxygen atoms in total. The third-order valence-electron chi connectivity index (χ3n) is 1.49. The molecule has 0 bridgehead atoms. The number of rotatable bonds is 2.